The Labute approximate surface area is 170 Å². The summed E-state index contributed by atoms with van der Waals surface area (Å²) in [5, 5.41) is 8.73. The molecule has 0 aliphatic carbocycles. The van der Waals surface area contributed by atoms with E-state index in [2.05, 4.69) is 25.8 Å². The molecule has 5 rings (SSSR count). The van der Waals surface area contributed by atoms with Crippen molar-refractivity contribution in [1.29, 1.82) is 0 Å². The molecule has 1 unspecified atom stereocenters. The first-order valence-corrected chi connectivity index (χ1v) is 10.6. The molecule has 2 amide bonds. The minimum atomic E-state index is -0.501. The first-order valence-electron chi connectivity index (χ1n) is 10.6. The van der Waals surface area contributed by atoms with Gasteiger partial charge in [0.25, 0.3) is 0 Å². The van der Waals surface area contributed by atoms with Crippen LogP contribution in [0.5, 0.6) is 0 Å². The minimum Gasteiger partial charge on any atom is -0.374 e. The number of halogens is 1. The molecule has 4 aliphatic heterocycles. The Kier molecular flexibility index (Phi) is 4.70. The van der Waals surface area contributed by atoms with Crippen molar-refractivity contribution in [2.24, 2.45) is 5.41 Å². The van der Waals surface area contributed by atoms with Crippen LogP contribution in [0.3, 0.4) is 0 Å². The van der Waals surface area contributed by atoms with Crippen molar-refractivity contribution in [3.05, 3.63) is 24.0 Å². The quantitative estimate of drug-likeness (QED) is 0.652. The van der Waals surface area contributed by atoms with E-state index in [1.54, 1.807) is 6.07 Å². The number of carbonyl (C=O) groups excluding carboxylic acids is 2. The lowest BCUT2D eigenvalue weighted by Crippen LogP contribution is -2.73. The minimum absolute atomic E-state index is 0.254. The number of nitrogens with one attached hydrogen (secondary N) is 3. The Hall–Kier alpha value is -2.19. The Morgan fingerprint density at radius 3 is 2.48 bits per heavy atom. The molecule has 8 heteroatoms. The highest BCUT2D eigenvalue weighted by molar-refractivity contribution is 6.01. The third kappa shape index (κ3) is 3.59. The van der Waals surface area contributed by atoms with Crippen LogP contribution in [0.25, 0.3) is 0 Å². The van der Waals surface area contributed by atoms with Crippen LogP contribution in [-0.4, -0.2) is 68.1 Å². The van der Waals surface area contributed by atoms with Crippen molar-refractivity contribution in [2.45, 2.75) is 37.8 Å². The molecule has 29 heavy (non-hydrogen) atoms. The van der Waals surface area contributed by atoms with Crippen molar-refractivity contribution in [3.63, 3.8) is 0 Å². The number of benzene rings is 1. The first kappa shape index (κ1) is 18.8. The summed E-state index contributed by atoms with van der Waals surface area (Å²) in [4.78, 5) is 27.9. The SMILES string of the molecule is O=C1CCC(Nc2ccc(N3CCC(N4CC5(CNC5)C4)CC3)c(F)c2)C(=O)N1. The monoisotopic (exact) mass is 401 g/mol. The molecule has 156 valence electrons. The van der Waals surface area contributed by atoms with Crippen molar-refractivity contribution < 1.29 is 14.0 Å². The van der Waals surface area contributed by atoms with Crippen LogP contribution in [0.4, 0.5) is 15.8 Å². The number of nitrogens with zero attached hydrogens (tertiary/aromatic N) is 2. The number of piperidine rings is 2. The largest absolute Gasteiger partial charge is 0.374 e. The van der Waals surface area contributed by atoms with E-state index in [1.807, 2.05) is 6.07 Å². The zero-order valence-corrected chi connectivity index (χ0v) is 16.5. The third-order valence-corrected chi connectivity index (χ3v) is 6.93. The Morgan fingerprint density at radius 2 is 1.86 bits per heavy atom. The lowest BCUT2D eigenvalue weighted by atomic mass is 9.73. The summed E-state index contributed by atoms with van der Waals surface area (Å²) >= 11 is 0. The highest BCUT2D eigenvalue weighted by Crippen LogP contribution is 2.38. The van der Waals surface area contributed by atoms with Crippen LogP contribution >= 0.6 is 0 Å². The molecule has 4 aliphatic rings. The van der Waals surface area contributed by atoms with Crippen molar-refractivity contribution >= 4 is 23.2 Å². The number of hydrogen-bond donors (Lipinski definition) is 3. The van der Waals surface area contributed by atoms with Crippen LogP contribution in [0.15, 0.2) is 18.2 Å². The van der Waals surface area contributed by atoms with E-state index >= 15 is 0 Å². The molecule has 1 aromatic rings. The van der Waals surface area contributed by atoms with Crippen LogP contribution in [-0.2, 0) is 9.59 Å². The van der Waals surface area contributed by atoms with Crippen molar-refractivity contribution in [3.8, 4) is 0 Å². The molecule has 7 nitrogen and oxygen atoms in total. The second-order valence-corrected chi connectivity index (χ2v) is 9.04. The molecule has 1 atom stereocenters. The van der Waals surface area contributed by atoms with E-state index in [9.17, 15) is 14.0 Å². The van der Waals surface area contributed by atoms with Gasteiger partial charge < -0.3 is 15.5 Å². The van der Waals surface area contributed by atoms with Gasteiger partial charge >= 0.3 is 0 Å². The maximum absolute atomic E-state index is 14.8. The number of amides is 2. The van der Waals surface area contributed by atoms with Gasteiger partial charge in [-0.1, -0.05) is 0 Å². The van der Waals surface area contributed by atoms with Gasteiger partial charge in [0.15, 0.2) is 0 Å². The van der Waals surface area contributed by atoms with Gasteiger partial charge in [-0.2, -0.15) is 0 Å². The highest BCUT2D eigenvalue weighted by atomic mass is 19.1. The topological polar surface area (TPSA) is 76.7 Å². The maximum atomic E-state index is 14.8. The number of imide groups is 1. The number of rotatable bonds is 4. The molecule has 0 bridgehead atoms. The van der Waals surface area contributed by atoms with Gasteiger partial charge in [-0.05, 0) is 37.5 Å². The summed E-state index contributed by atoms with van der Waals surface area (Å²) in [6.07, 6.45) is 2.86. The van der Waals surface area contributed by atoms with E-state index < -0.39 is 6.04 Å². The van der Waals surface area contributed by atoms with Crippen molar-refractivity contribution in [1.82, 2.24) is 15.5 Å². The molecule has 0 saturated carbocycles. The van der Waals surface area contributed by atoms with E-state index in [0.717, 1.165) is 39.0 Å². The van der Waals surface area contributed by atoms with Gasteiger partial charge in [-0.25, -0.2) is 4.39 Å². The molecule has 4 fully saturated rings. The summed E-state index contributed by atoms with van der Waals surface area (Å²) in [7, 11) is 0. The van der Waals surface area contributed by atoms with Gasteiger partial charge in [0.1, 0.15) is 11.9 Å². The second-order valence-electron chi connectivity index (χ2n) is 9.04. The Bertz CT molecular complexity index is 811. The molecule has 0 radical (unpaired) electrons. The number of carbonyl (C=O) groups is 2. The van der Waals surface area contributed by atoms with Crippen LogP contribution < -0.4 is 20.9 Å². The van der Waals surface area contributed by atoms with Crippen LogP contribution in [0, 0.1) is 11.2 Å². The highest BCUT2D eigenvalue weighted by Gasteiger charge is 2.49. The molecule has 4 heterocycles. The fourth-order valence-corrected chi connectivity index (χ4v) is 5.13. The van der Waals surface area contributed by atoms with Gasteiger partial charge in [-0.3, -0.25) is 19.8 Å². The number of anilines is 2. The molecule has 3 N–H and O–H groups in total. The number of likely N-dealkylation sites (tertiary alicyclic amines) is 1. The van der Waals surface area contributed by atoms with Gasteiger partial charge in [0.05, 0.1) is 5.69 Å². The van der Waals surface area contributed by atoms with Crippen molar-refractivity contribution in [2.75, 3.05) is 49.5 Å². The standard InChI is InChI=1S/C21H28FN5O2/c22-16-9-14(24-17-2-4-19(28)25-20(17)29)1-3-18(16)26-7-5-15(6-8-26)27-12-21(13-27)10-23-11-21/h1,3,9,15,17,23-24H,2,4-8,10-13H2,(H,25,28,29). The summed E-state index contributed by atoms with van der Waals surface area (Å²) in [5.41, 5.74) is 1.74. The van der Waals surface area contributed by atoms with Crippen LogP contribution in [0.2, 0.25) is 0 Å². The summed E-state index contributed by atoms with van der Waals surface area (Å²) < 4.78 is 14.8. The van der Waals surface area contributed by atoms with Crippen LogP contribution in [0.1, 0.15) is 25.7 Å². The maximum Gasteiger partial charge on any atom is 0.249 e. The molecular formula is C21H28FN5O2. The summed E-state index contributed by atoms with van der Waals surface area (Å²) in [6.45, 7) is 6.46. The normalized spacial score (nSPS) is 27.3. The zero-order chi connectivity index (χ0) is 20.0. The molecule has 4 saturated heterocycles. The predicted molar refractivity (Wildman–Crippen MR) is 108 cm³/mol. The fraction of sp³-hybridized carbons (Fsp3) is 0.619. The van der Waals surface area contributed by atoms with E-state index in [-0.39, 0.29) is 17.6 Å². The summed E-state index contributed by atoms with van der Waals surface area (Å²) in [6, 6.07) is 5.18. The Balaban J connectivity index is 1.16. The Morgan fingerprint density at radius 1 is 1.10 bits per heavy atom. The summed E-state index contributed by atoms with van der Waals surface area (Å²) in [5.74, 6) is -0.877. The molecule has 0 aromatic heterocycles. The average Bonchev–Trinajstić information content (AvgIpc) is 2.63. The first-order chi connectivity index (χ1) is 14.0. The molecular weight excluding hydrogens is 373 g/mol. The lowest BCUT2D eigenvalue weighted by molar-refractivity contribution is -0.133. The lowest BCUT2D eigenvalue weighted by Gasteiger charge is -2.59. The van der Waals surface area contributed by atoms with E-state index in [1.165, 1.54) is 19.2 Å². The number of hydrogen-bond acceptors (Lipinski definition) is 6. The van der Waals surface area contributed by atoms with Gasteiger partial charge in [-0.15, -0.1) is 0 Å². The third-order valence-electron chi connectivity index (χ3n) is 6.93. The molecule has 1 aromatic carbocycles. The van der Waals surface area contributed by atoms with Gasteiger partial charge in [0.2, 0.25) is 11.8 Å². The molecule has 1 spiro atoms. The van der Waals surface area contributed by atoms with E-state index in [0.29, 0.717) is 35.7 Å². The average molecular weight is 401 g/mol. The van der Waals surface area contributed by atoms with E-state index in [4.69, 9.17) is 0 Å². The second kappa shape index (κ2) is 7.25. The fourth-order valence-electron chi connectivity index (χ4n) is 5.13. The predicted octanol–water partition coefficient (Wildman–Crippen LogP) is 0.917. The zero-order valence-electron chi connectivity index (χ0n) is 16.5. The van der Waals surface area contributed by atoms with Gasteiger partial charge in [0, 0.05) is 62.8 Å². The smallest absolute Gasteiger partial charge is 0.249 e.